The SMILES string of the molecule is CCOC(=O)CC1CCN(CCCOC2CCC(CC3CCCCC3)CC2)CC1. The maximum absolute atomic E-state index is 11.6. The van der Waals surface area contributed by atoms with Crippen LogP contribution in [0.1, 0.15) is 96.8 Å². The first kappa shape index (κ1) is 23.1. The summed E-state index contributed by atoms with van der Waals surface area (Å²) in [5.41, 5.74) is 0. The van der Waals surface area contributed by atoms with Gasteiger partial charge in [-0.2, -0.15) is 0 Å². The quantitative estimate of drug-likeness (QED) is 0.350. The summed E-state index contributed by atoms with van der Waals surface area (Å²) < 4.78 is 11.3. The minimum atomic E-state index is -0.0205. The summed E-state index contributed by atoms with van der Waals surface area (Å²) in [5.74, 6) is 2.51. The number of hydrogen-bond acceptors (Lipinski definition) is 4. The highest BCUT2D eigenvalue weighted by Gasteiger charge is 2.25. The summed E-state index contributed by atoms with van der Waals surface area (Å²) in [5, 5.41) is 0. The van der Waals surface area contributed by atoms with Crippen molar-refractivity contribution >= 4 is 5.97 Å². The lowest BCUT2D eigenvalue weighted by Gasteiger charge is -2.33. The summed E-state index contributed by atoms with van der Waals surface area (Å²) in [6.07, 6.45) is 18.8. The van der Waals surface area contributed by atoms with E-state index in [4.69, 9.17) is 9.47 Å². The van der Waals surface area contributed by atoms with Crippen LogP contribution in [0, 0.1) is 17.8 Å². The van der Waals surface area contributed by atoms with Crippen LogP contribution < -0.4 is 0 Å². The fourth-order valence-corrected chi connectivity index (χ4v) is 5.84. The molecule has 0 aromatic rings. The summed E-state index contributed by atoms with van der Waals surface area (Å²) in [6, 6.07) is 0. The molecule has 0 spiro atoms. The van der Waals surface area contributed by atoms with Crippen molar-refractivity contribution in [1.29, 1.82) is 0 Å². The number of piperidine rings is 1. The molecule has 0 aromatic carbocycles. The second-order valence-electron chi connectivity index (χ2n) is 9.90. The Balaban J connectivity index is 1.18. The fourth-order valence-electron chi connectivity index (χ4n) is 5.84. The zero-order valence-electron chi connectivity index (χ0n) is 18.9. The van der Waals surface area contributed by atoms with Crippen molar-refractivity contribution in [3.05, 3.63) is 0 Å². The lowest BCUT2D eigenvalue weighted by atomic mass is 9.77. The number of esters is 1. The normalized spacial score (nSPS) is 27.8. The molecule has 1 saturated heterocycles. The highest BCUT2D eigenvalue weighted by Crippen LogP contribution is 2.35. The molecule has 1 aliphatic heterocycles. The first-order valence-corrected chi connectivity index (χ1v) is 12.7. The molecule has 0 radical (unpaired) electrons. The smallest absolute Gasteiger partial charge is 0.306 e. The van der Waals surface area contributed by atoms with E-state index >= 15 is 0 Å². The van der Waals surface area contributed by atoms with Crippen molar-refractivity contribution in [2.75, 3.05) is 32.8 Å². The van der Waals surface area contributed by atoms with Gasteiger partial charge in [-0.05, 0) is 89.1 Å². The molecule has 29 heavy (non-hydrogen) atoms. The van der Waals surface area contributed by atoms with Crippen LogP contribution in [0.25, 0.3) is 0 Å². The number of carbonyl (C=O) groups excluding carboxylic acids is 1. The number of likely N-dealkylation sites (tertiary alicyclic amines) is 1. The highest BCUT2D eigenvalue weighted by molar-refractivity contribution is 5.69. The molecule has 4 nitrogen and oxygen atoms in total. The predicted octanol–water partition coefficient (Wildman–Crippen LogP) is 5.59. The lowest BCUT2D eigenvalue weighted by molar-refractivity contribution is -0.144. The monoisotopic (exact) mass is 407 g/mol. The van der Waals surface area contributed by atoms with Crippen LogP contribution in [0.4, 0.5) is 0 Å². The largest absolute Gasteiger partial charge is 0.466 e. The zero-order valence-corrected chi connectivity index (χ0v) is 18.9. The van der Waals surface area contributed by atoms with Gasteiger partial charge in [0, 0.05) is 19.6 Å². The predicted molar refractivity (Wildman–Crippen MR) is 118 cm³/mol. The van der Waals surface area contributed by atoms with Crippen molar-refractivity contribution in [2.45, 2.75) is 103 Å². The van der Waals surface area contributed by atoms with Gasteiger partial charge >= 0.3 is 5.97 Å². The number of ether oxygens (including phenoxy) is 2. The van der Waals surface area contributed by atoms with Gasteiger partial charge in [0.05, 0.1) is 12.7 Å². The number of hydrogen-bond donors (Lipinski definition) is 0. The molecule has 3 fully saturated rings. The standard InChI is InChI=1S/C25H45NO3/c1-2-28-25(27)20-23-13-16-26(17-14-23)15-6-18-29-24-11-9-22(10-12-24)19-21-7-4-3-5-8-21/h21-24H,2-20H2,1H3. The molecule has 2 saturated carbocycles. The number of rotatable bonds is 10. The molecule has 0 aromatic heterocycles. The Kier molecular flexibility index (Phi) is 10.3. The van der Waals surface area contributed by atoms with E-state index in [0.717, 1.165) is 57.3 Å². The highest BCUT2D eigenvalue weighted by atomic mass is 16.5. The summed E-state index contributed by atoms with van der Waals surface area (Å²) in [4.78, 5) is 14.2. The second-order valence-corrected chi connectivity index (χ2v) is 9.90. The van der Waals surface area contributed by atoms with Crippen LogP contribution in [0.2, 0.25) is 0 Å². The average Bonchev–Trinajstić information content (AvgIpc) is 2.74. The minimum absolute atomic E-state index is 0.0205. The van der Waals surface area contributed by atoms with E-state index in [2.05, 4.69) is 4.90 Å². The maximum atomic E-state index is 11.6. The van der Waals surface area contributed by atoms with Gasteiger partial charge in [0.15, 0.2) is 0 Å². The molecule has 3 rings (SSSR count). The molecule has 2 aliphatic carbocycles. The molecule has 1 heterocycles. The Morgan fingerprint density at radius 1 is 0.862 bits per heavy atom. The average molecular weight is 408 g/mol. The topological polar surface area (TPSA) is 38.8 Å². The van der Waals surface area contributed by atoms with Crippen LogP contribution in [0.5, 0.6) is 0 Å². The molecular weight excluding hydrogens is 362 g/mol. The van der Waals surface area contributed by atoms with E-state index in [0.29, 0.717) is 25.0 Å². The second kappa shape index (κ2) is 12.9. The van der Waals surface area contributed by atoms with Crippen LogP contribution in [-0.4, -0.2) is 49.8 Å². The summed E-state index contributed by atoms with van der Waals surface area (Å²) in [6.45, 7) is 6.68. The first-order chi connectivity index (χ1) is 14.2. The van der Waals surface area contributed by atoms with E-state index in [9.17, 15) is 4.79 Å². The Bertz CT molecular complexity index is 447. The number of carbonyl (C=O) groups is 1. The fraction of sp³-hybridized carbons (Fsp3) is 0.960. The van der Waals surface area contributed by atoms with Crippen molar-refractivity contribution in [2.24, 2.45) is 17.8 Å². The lowest BCUT2D eigenvalue weighted by Crippen LogP contribution is -2.35. The van der Waals surface area contributed by atoms with E-state index in [1.165, 1.54) is 64.2 Å². The maximum Gasteiger partial charge on any atom is 0.306 e. The van der Waals surface area contributed by atoms with E-state index in [-0.39, 0.29) is 5.97 Å². The molecule has 0 N–H and O–H groups in total. The van der Waals surface area contributed by atoms with Gasteiger partial charge in [0.1, 0.15) is 0 Å². The molecule has 0 atom stereocenters. The summed E-state index contributed by atoms with van der Waals surface area (Å²) in [7, 11) is 0. The van der Waals surface area contributed by atoms with E-state index in [1.807, 2.05) is 6.92 Å². The van der Waals surface area contributed by atoms with Crippen LogP contribution >= 0.6 is 0 Å². The van der Waals surface area contributed by atoms with Gasteiger partial charge in [-0.15, -0.1) is 0 Å². The Hall–Kier alpha value is -0.610. The van der Waals surface area contributed by atoms with E-state index in [1.54, 1.807) is 0 Å². The minimum Gasteiger partial charge on any atom is -0.466 e. The third kappa shape index (κ3) is 8.57. The van der Waals surface area contributed by atoms with Crippen molar-refractivity contribution in [3.63, 3.8) is 0 Å². The summed E-state index contributed by atoms with van der Waals surface area (Å²) >= 11 is 0. The molecule has 0 amide bonds. The Morgan fingerprint density at radius 2 is 1.55 bits per heavy atom. The van der Waals surface area contributed by atoms with Crippen LogP contribution in [0.3, 0.4) is 0 Å². The molecule has 4 heteroatoms. The van der Waals surface area contributed by atoms with Gasteiger partial charge in [-0.25, -0.2) is 0 Å². The van der Waals surface area contributed by atoms with Gasteiger partial charge in [0.2, 0.25) is 0 Å². The van der Waals surface area contributed by atoms with Gasteiger partial charge in [-0.3, -0.25) is 4.79 Å². The molecule has 0 unspecified atom stereocenters. The Morgan fingerprint density at radius 3 is 2.24 bits per heavy atom. The molecular formula is C25H45NO3. The zero-order chi connectivity index (χ0) is 20.3. The van der Waals surface area contributed by atoms with Gasteiger partial charge < -0.3 is 14.4 Å². The molecule has 0 bridgehead atoms. The van der Waals surface area contributed by atoms with Gasteiger partial charge in [0.25, 0.3) is 0 Å². The van der Waals surface area contributed by atoms with Crippen molar-refractivity contribution in [1.82, 2.24) is 4.90 Å². The van der Waals surface area contributed by atoms with Gasteiger partial charge in [-0.1, -0.05) is 32.1 Å². The van der Waals surface area contributed by atoms with E-state index < -0.39 is 0 Å². The van der Waals surface area contributed by atoms with Crippen LogP contribution in [-0.2, 0) is 14.3 Å². The van der Waals surface area contributed by atoms with Crippen molar-refractivity contribution < 1.29 is 14.3 Å². The molecule has 168 valence electrons. The third-order valence-corrected chi connectivity index (χ3v) is 7.63. The first-order valence-electron chi connectivity index (χ1n) is 12.7. The van der Waals surface area contributed by atoms with Crippen molar-refractivity contribution in [3.8, 4) is 0 Å². The van der Waals surface area contributed by atoms with Crippen LogP contribution in [0.15, 0.2) is 0 Å². The molecule has 3 aliphatic rings. The third-order valence-electron chi connectivity index (χ3n) is 7.63. The number of nitrogens with zero attached hydrogens (tertiary/aromatic N) is 1. The Labute approximate surface area is 179 Å².